The summed E-state index contributed by atoms with van der Waals surface area (Å²) in [6.45, 7) is 6.14. The summed E-state index contributed by atoms with van der Waals surface area (Å²) in [7, 11) is 0. The molecule has 1 atom stereocenters. The second-order valence-electron chi connectivity index (χ2n) is 8.80. The van der Waals surface area contributed by atoms with Gasteiger partial charge < -0.3 is 15.0 Å². The molecule has 0 radical (unpaired) electrons. The normalized spacial score (nSPS) is 14.9. The number of carbonyl (C=O) groups excluding carboxylic acids is 2. The van der Waals surface area contributed by atoms with E-state index < -0.39 is 6.04 Å². The maximum absolute atomic E-state index is 13.2. The third-order valence-corrected chi connectivity index (χ3v) is 6.28. The molecular formula is C26H33ClN2O3. The number of amides is 2. The standard InChI is InChI=1S/C26H33ClN2O3/c1-18(2)23-10-6-7-11-24(23)32-17-25(30)29(16-20-12-14-21(27)15-13-20)19(3)26(31)28-22-8-4-5-9-22/h6-7,10-15,18-19,22H,4-5,8-9,16-17H2,1-3H3,(H,28,31)/t19-/m1/s1. The molecule has 0 heterocycles. The lowest BCUT2D eigenvalue weighted by Crippen LogP contribution is -2.50. The first-order chi connectivity index (χ1) is 15.3. The lowest BCUT2D eigenvalue weighted by atomic mass is 10.0. The van der Waals surface area contributed by atoms with E-state index >= 15 is 0 Å². The van der Waals surface area contributed by atoms with Crippen LogP contribution < -0.4 is 10.1 Å². The van der Waals surface area contributed by atoms with Gasteiger partial charge in [-0.3, -0.25) is 9.59 Å². The highest BCUT2D eigenvalue weighted by molar-refractivity contribution is 6.30. The van der Waals surface area contributed by atoms with Crippen LogP contribution in [-0.4, -0.2) is 35.4 Å². The van der Waals surface area contributed by atoms with Gasteiger partial charge in [-0.2, -0.15) is 0 Å². The molecule has 1 N–H and O–H groups in total. The van der Waals surface area contributed by atoms with Gasteiger partial charge in [0.15, 0.2) is 6.61 Å². The molecule has 0 saturated heterocycles. The molecule has 5 nitrogen and oxygen atoms in total. The third kappa shape index (κ3) is 6.49. The Morgan fingerprint density at radius 2 is 1.72 bits per heavy atom. The molecule has 2 amide bonds. The van der Waals surface area contributed by atoms with Crippen LogP contribution in [-0.2, 0) is 16.1 Å². The minimum atomic E-state index is -0.609. The highest BCUT2D eigenvalue weighted by Crippen LogP contribution is 2.26. The molecule has 0 bridgehead atoms. The Balaban J connectivity index is 1.73. The molecule has 0 unspecified atom stereocenters. The molecule has 172 valence electrons. The molecule has 0 aliphatic heterocycles. The SMILES string of the molecule is CC(C)c1ccccc1OCC(=O)N(Cc1ccc(Cl)cc1)[C@H](C)C(=O)NC1CCCC1. The average molecular weight is 457 g/mol. The molecule has 2 aromatic rings. The Bertz CT molecular complexity index is 908. The van der Waals surface area contributed by atoms with Gasteiger partial charge >= 0.3 is 0 Å². The largest absolute Gasteiger partial charge is 0.483 e. The molecule has 0 aromatic heterocycles. The van der Waals surface area contributed by atoms with Gasteiger partial charge in [0.2, 0.25) is 5.91 Å². The van der Waals surface area contributed by atoms with Crippen LogP contribution in [0.5, 0.6) is 5.75 Å². The molecule has 6 heteroatoms. The summed E-state index contributed by atoms with van der Waals surface area (Å²) >= 11 is 6.01. The van der Waals surface area contributed by atoms with Crippen LogP contribution in [0.1, 0.15) is 63.5 Å². The smallest absolute Gasteiger partial charge is 0.261 e. The Morgan fingerprint density at radius 1 is 1.06 bits per heavy atom. The maximum atomic E-state index is 13.2. The molecule has 32 heavy (non-hydrogen) atoms. The number of carbonyl (C=O) groups is 2. The van der Waals surface area contributed by atoms with Crippen molar-refractivity contribution in [1.29, 1.82) is 0 Å². The zero-order chi connectivity index (χ0) is 23.1. The van der Waals surface area contributed by atoms with Crippen LogP contribution in [0.2, 0.25) is 5.02 Å². The van der Waals surface area contributed by atoms with Crippen molar-refractivity contribution in [3.8, 4) is 5.75 Å². The minimum Gasteiger partial charge on any atom is -0.483 e. The highest BCUT2D eigenvalue weighted by atomic mass is 35.5. The lowest BCUT2D eigenvalue weighted by molar-refractivity contribution is -0.142. The highest BCUT2D eigenvalue weighted by Gasteiger charge is 2.29. The zero-order valence-corrected chi connectivity index (χ0v) is 19.9. The minimum absolute atomic E-state index is 0.123. The predicted octanol–water partition coefficient (Wildman–Crippen LogP) is 5.32. The Labute approximate surface area is 196 Å². The molecule has 1 fully saturated rings. The fourth-order valence-electron chi connectivity index (χ4n) is 4.07. The number of hydrogen-bond donors (Lipinski definition) is 1. The van der Waals surface area contributed by atoms with Crippen LogP contribution in [0, 0.1) is 0 Å². The Morgan fingerprint density at radius 3 is 2.38 bits per heavy atom. The van der Waals surface area contributed by atoms with Gasteiger partial charge in [0.25, 0.3) is 5.91 Å². The fraction of sp³-hybridized carbons (Fsp3) is 0.462. The van der Waals surface area contributed by atoms with Crippen LogP contribution in [0.4, 0.5) is 0 Å². The van der Waals surface area contributed by atoms with Gasteiger partial charge in [0, 0.05) is 17.6 Å². The second kappa shape index (κ2) is 11.4. The summed E-state index contributed by atoms with van der Waals surface area (Å²) in [5.41, 5.74) is 1.96. The molecule has 1 aliphatic carbocycles. The van der Waals surface area contributed by atoms with E-state index in [1.165, 1.54) is 0 Å². The third-order valence-electron chi connectivity index (χ3n) is 6.03. The molecular weight excluding hydrogens is 424 g/mol. The second-order valence-corrected chi connectivity index (χ2v) is 9.23. The summed E-state index contributed by atoms with van der Waals surface area (Å²) < 4.78 is 5.92. The fourth-order valence-corrected chi connectivity index (χ4v) is 4.20. The van der Waals surface area contributed by atoms with Crippen LogP contribution >= 0.6 is 11.6 Å². The van der Waals surface area contributed by atoms with Crippen molar-refractivity contribution in [3.63, 3.8) is 0 Å². The van der Waals surface area contributed by atoms with E-state index in [0.29, 0.717) is 17.3 Å². The predicted molar refractivity (Wildman–Crippen MR) is 128 cm³/mol. The van der Waals surface area contributed by atoms with Crippen LogP contribution in [0.25, 0.3) is 0 Å². The lowest BCUT2D eigenvalue weighted by Gasteiger charge is -2.30. The molecule has 1 aliphatic rings. The van der Waals surface area contributed by atoms with Crippen molar-refractivity contribution >= 4 is 23.4 Å². The molecule has 1 saturated carbocycles. The van der Waals surface area contributed by atoms with E-state index in [4.69, 9.17) is 16.3 Å². The molecule has 0 spiro atoms. The number of nitrogens with one attached hydrogen (secondary N) is 1. The number of benzene rings is 2. The maximum Gasteiger partial charge on any atom is 0.261 e. The van der Waals surface area contributed by atoms with Crippen LogP contribution in [0.15, 0.2) is 48.5 Å². The van der Waals surface area contributed by atoms with Crippen molar-refractivity contribution in [3.05, 3.63) is 64.7 Å². The topological polar surface area (TPSA) is 58.6 Å². The first kappa shape index (κ1) is 24.1. The van der Waals surface area contributed by atoms with E-state index in [1.54, 1.807) is 24.0 Å². The average Bonchev–Trinajstić information content (AvgIpc) is 3.29. The van der Waals surface area contributed by atoms with E-state index in [2.05, 4.69) is 19.2 Å². The molecule has 3 rings (SSSR count). The Kier molecular flexibility index (Phi) is 8.57. The van der Waals surface area contributed by atoms with Gasteiger partial charge in [-0.1, -0.05) is 68.6 Å². The van der Waals surface area contributed by atoms with Crippen molar-refractivity contribution in [2.45, 2.75) is 71.0 Å². The van der Waals surface area contributed by atoms with Crippen molar-refractivity contribution < 1.29 is 14.3 Å². The van der Waals surface area contributed by atoms with E-state index in [9.17, 15) is 9.59 Å². The van der Waals surface area contributed by atoms with Gasteiger partial charge in [-0.25, -0.2) is 0 Å². The monoisotopic (exact) mass is 456 g/mol. The summed E-state index contributed by atoms with van der Waals surface area (Å²) in [5, 5.41) is 3.74. The summed E-state index contributed by atoms with van der Waals surface area (Å²) in [4.78, 5) is 27.8. The van der Waals surface area contributed by atoms with Crippen molar-refractivity contribution in [1.82, 2.24) is 10.2 Å². The first-order valence-electron chi connectivity index (χ1n) is 11.4. The van der Waals surface area contributed by atoms with E-state index in [-0.39, 0.29) is 30.4 Å². The quantitative estimate of drug-likeness (QED) is 0.555. The summed E-state index contributed by atoms with van der Waals surface area (Å²) in [6.07, 6.45) is 4.27. The number of rotatable bonds is 9. The molecule has 2 aromatic carbocycles. The number of nitrogens with zero attached hydrogens (tertiary/aromatic N) is 1. The van der Waals surface area contributed by atoms with Gasteiger partial charge in [-0.05, 0) is 55.0 Å². The van der Waals surface area contributed by atoms with Gasteiger partial charge in [0.05, 0.1) is 0 Å². The van der Waals surface area contributed by atoms with Gasteiger partial charge in [0.1, 0.15) is 11.8 Å². The number of hydrogen-bond acceptors (Lipinski definition) is 3. The number of ether oxygens (including phenoxy) is 1. The zero-order valence-electron chi connectivity index (χ0n) is 19.1. The van der Waals surface area contributed by atoms with E-state index in [0.717, 1.165) is 36.8 Å². The summed E-state index contributed by atoms with van der Waals surface area (Å²) in [5.74, 6) is 0.627. The Hall–Kier alpha value is -2.53. The van der Waals surface area contributed by atoms with Crippen molar-refractivity contribution in [2.75, 3.05) is 6.61 Å². The van der Waals surface area contributed by atoms with E-state index in [1.807, 2.05) is 36.4 Å². The van der Waals surface area contributed by atoms with Crippen LogP contribution in [0.3, 0.4) is 0 Å². The first-order valence-corrected chi connectivity index (χ1v) is 11.8. The van der Waals surface area contributed by atoms with Gasteiger partial charge in [-0.15, -0.1) is 0 Å². The summed E-state index contributed by atoms with van der Waals surface area (Å²) in [6, 6.07) is 14.7. The number of para-hydroxylation sites is 1. The number of halogens is 1. The van der Waals surface area contributed by atoms with Crippen molar-refractivity contribution in [2.24, 2.45) is 0 Å².